The van der Waals surface area contributed by atoms with Gasteiger partial charge in [0.1, 0.15) is 24.4 Å². The van der Waals surface area contributed by atoms with Crippen LogP contribution in [0.2, 0.25) is 0 Å². The van der Waals surface area contributed by atoms with Crippen LogP contribution in [0.3, 0.4) is 0 Å². The Kier molecular flexibility index (Phi) is 5.67. The summed E-state index contributed by atoms with van der Waals surface area (Å²) >= 11 is 0. The number of hydrogen-bond donors (Lipinski definition) is 0. The summed E-state index contributed by atoms with van der Waals surface area (Å²) in [7, 11) is 0. The highest BCUT2D eigenvalue weighted by Gasteiger charge is 2.51. The van der Waals surface area contributed by atoms with E-state index >= 15 is 0 Å². The number of ether oxygens (including phenoxy) is 4. The highest BCUT2D eigenvalue weighted by Crippen LogP contribution is 2.34. The van der Waals surface area contributed by atoms with Gasteiger partial charge in [-0.3, -0.25) is 0 Å². The van der Waals surface area contributed by atoms with E-state index in [4.69, 9.17) is 24.5 Å². The molecule has 2 fully saturated rings. The Morgan fingerprint density at radius 1 is 0.926 bits per heavy atom. The zero-order valence-corrected chi connectivity index (χ0v) is 14.8. The van der Waals surface area contributed by atoms with Crippen molar-refractivity contribution in [2.45, 2.75) is 43.9 Å². The summed E-state index contributed by atoms with van der Waals surface area (Å²) < 4.78 is 23.8. The molecule has 27 heavy (non-hydrogen) atoms. The lowest BCUT2D eigenvalue weighted by Gasteiger charge is -2.38. The van der Waals surface area contributed by atoms with Crippen LogP contribution in [0.25, 0.3) is 10.4 Å². The number of rotatable bonds is 7. The van der Waals surface area contributed by atoms with Crippen LogP contribution in [-0.4, -0.2) is 37.3 Å². The van der Waals surface area contributed by atoms with Crippen molar-refractivity contribution >= 4 is 0 Å². The third kappa shape index (κ3) is 4.13. The second-order valence-corrected chi connectivity index (χ2v) is 6.59. The molecule has 0 N–H and O–H groups in total. The van der Waals surface area contributed by atoms with Crippen LogP contribution < -0.4 is 0 Å². The first-order valence-corrected chi connectivity index (χ1v) is 8.97. The summed E-state index contributed by atoms with van der Waals surface area (Å²) in [6.07, 6.45) is -1.67. The second-order valence-electron chi connectivity index (χ2n) is 6.59. The van der Waals surface area contributed by atoms with Gasteiger partial charge < -0.3 is 18.9 Å². The van der Waals surface area contributed by atoms with Crippen molar-refractivity contribution in [2.75, 3.05) is 6.61 Å². The number of nitrogens with zero attached hydrogens (tertiary/aromatic N) is 3. The van der Waals surface area contributed by atoms with E-state index in [1.807, 2.05) is 60.7 Å². The molecule has 2 aliphatic heterocycles. The molecule has 2 heterocycles. The minimum atomic E-state index is -0.599. The topological polar surface area (TPSA) is 85.7 Å². The third-order valence-corrected chi connectivity index (χ3v) is 4.79. The molecule has 7 heteroatoms. The van der Waals surface area contributed by atoms with Crippen LogP contribution in [0.4, 0.5) is 0 Å². The van der Waals surface area contributed by atoms with Gasteiger partial charge in [0, 0.05) is 4.91 Å². The Morgan fingerprint density at radius 2 is 1.52 bits per heavy atom. The average Bonchev–Trinajstić information content (AvgIpc) is 3.15. The lowest BCUT2D eigenvalue weighted by Crippen LogP contribution is -2.55. The van der Waals surface area contributed by atoms with Crippen LogP contribution in [0.15, 0.2) is 65.8 Å². The van der Waals surface area contributed by atoms with Crippen molar-refractivity contribution < 1.29 is 18.9 Å². The first-order chi connectivity index (χ1) is 13.3. The monoisotopic (exact) mass is 367 g/mol. The number of hydrogen-bond acceptors (Lipinski definition) is 5. The summed E-state index contributed by atoms with van der Waals surface area (Å²) in [6, 6.07) is 19.2. The van der Waals surface area contributed by atoms with Crippen LogP contribution in [-0.2, 0) is 32.2 Å². The minimum Gasteiger partial charge on any atom is -0.370 e. The fourth-order valence-corrected chi connectivity index (χ4v) is 3.46. The molecule has 0 spiro atoms. The smallest absolute Gasteiger partial charge is 0.169 e. The van der Waals surface area contributed by atoms with E-state index in [9.17, 15) is 0 Å². The van der Waals surface area contributed by atoms with Crippen molar-refractivity contribution in [3.63, 3.8) is 0 Å². The Balaban J connectivity index is 1.52. The zero-order chi connectivity index (χ0) is 18.5. The van der Waals surface area contributed by atoms with E-state index in [-0.39, 0.29) is 12.2 Å². The summed E-state index contributed by atoms with van der Waals surface area (Å²) in [5.41, 5.74) is 11.1. The van der Waals surface area contributed by atoms with Crippen molar-refractivity contribution in [3.05, 3.63) is 82.2 Å². The fourth-order valence-electron chi connectivity index (χ4n) is 3.46. The maximum atomic E-state index is 8.99. The molecule has 140 valence electrons. The van der Waals surface area contributed by atoms with Crippen LogP contribution in [0.1, 0.15) is 11.1 Å². The van der Waals surface area contributed by atoms with Crippen LogP contribution in [0.5, 0.6) is 0 Å². The van der Waals surface area contributed by atoms with Crippen LogP contribution in [0, 0.1) is 0 Å². The second kappa shape index (κ2) is 8.52. The van der Waals surface area contributed by atoms with Gasteiger partial charge in [-0.05, 0) is 16.7 Å². The Morgan fingerprint density at radius 3 is 2.11 bits per heavy atom. The SMILES string of the molecule is [N-]=[N+]=NC1C2OCC(O2)C(OCc2ccccc2)C1OCc1ccccc1. The molecule has 0 saturated carbocycles. The first kappa shape index (κ1) is 18.0. The number of fused-ring (bicyclic) bond motifs is 2. The molecular formula is C20H21N3O4. The van der Waals surface area contributed by atoms with Crippen molar-refractivity contribution in [2.24, 2.45) is 5.11 Å². The van der Waals surface area contributed by atoms with Gasteiger partial charge in [-0.25, -0.2) is 0 Å². The van der Waals surface area contributed by atoms with E-state index in [0.29, 0.717) is 19.8 Å². The maximum absolute atomic E-state index is 8.99. The molecule has 0 aliphatic carbocycles. The summed E-state index contributed by atoms with van der Waals surface area (Å²) in [4.78, 5) is 2.96. The Bertz CT molecular complexity index is 782. The highest BCUT2D eigenvalue weighted by atomic mass is 16.7. The van der Waals surface area contributed by atoms with Crippen molar-refractivity contribution in [1.82, 2.24) is 0 Å². The van der Waals surface area contributed by atoms with Gasteiger partial charge in [0.25, 0.3) is 0 Å². The van der Waals surface area contributed by atoms with Gasteiger partial charge in [-0.15, -0.1) is 0 Å². The van der Waals surface area contributed by atoms with Gasteiger partial charge >= 0.3 is 0 Å². The normalized spacial score (nSPS) is 29.3. The van der Waals surface area contributed by atoms with E-state index in [1.54, 1.807) is 0 Å². The molecular weight excluding hydrogens is 346 g/mol. The molecule has 0 aromatic heterocycles. The molecule has 5 atom stereocenters. The van der Waals surface area contributed by atoms with E-state index in [2.05, 4.69) is 10.0 Å². The van der Waals surface area contributed by atoms with E-state index in [1.165, 1.54) is 0 Å². The molecule has 2 saturated heterocycles. The molecule has 7 nitrogen and oxygen atoms in total. The molecule has 5 unspecified atom stereocenters. The first-order valence-electron chi connectivity index (χ1n) is 8.97. The molecule has 2 aromatic carbocycles. The minimum absolute atomic E-state index is 0.246. The van der Waals surface area contributed by atoms with Crippen molar-refractivity contribution in [1.29, 1.82) is 0 Å². The number of azide groups is 1. The summed E-state index contributed by atoms with van der Waals surface area (Å²) in [5.74, 6) is 0. The molecule has 0 amide bonds. The molecule has 0 radical (unpaired) electrons. The standard InChI is InChI=1S/C20H21N3O4/c21-23-22-17-19(25-12-15-9-5-2-6-10-15)18(16-13-26-20(17)27-16)24-11-14-7-3-1-4-8-14/h1-10,16-20H,11-13H2. The van der Waals surface area contributed by atoms with Crippen LogP contribution >= 0.6 is 0 Å². The van der Waals surface area contributed by atoms with Crippen molar-refractivity contribution in [3.8, 4) is 0 Å². The third-order valence-electron chi connectivity index (χ3n) is 4.79. The predicted octanol–water partition coefficient (Wildman–Crippen LogP) is 3.59. The molecule has 2 aliphatic rings. The summed E-state index contributed by atoms with van der Waals surface area (Å²) in [6.45, 7) is 1.21. The lowest BCUT2D eigenvalue weighted by atomic mass is 9.98. The molecule has 4 rings (SSSR count). The predicted molar refractivity (Wildman–Crippen MR) is 97.6 cm³/mol. The quantitative estimate of drug-likeness (QED) is 0.425. The van der Waals surface area contributed by atoms with Gasteiger partial charge in [0.05, 0.1) is 19.8 Å². The molecule has 2 aromatic rings. The van der Waals surface area contributed by atoms with Gasteiger partial charge in [0.2, 0.25) is 0 Å². The Hall–Kier alpha value is -2.41. The maximum Gasteiger partial charge on any atom is 0.169 e. The zero-order valence-electron chi connectivity index (χ0n) is 14.8. The lowest BCUT2D eigenvalue weighted by molar-refractivity contribution is -0.211. The fraction of sp³-hybridized carbons (Fsp3) is 0.400. The number of benzene rings is 2. The highest BCUT2D eigenvalue weighted by molar-refractivity contribution is 5.15. The molecule has 2 bridgehead atoms. The average molecular weight is 367 g/mol. The summed E-state index contributed by atoms with van der Waals surface area (Å²) in [5, 5.41) is 3.89. The van der Waals surface area contributed by atoms with Gasteiger partial charge in [-0.1, -0.05) is 65.8 Å². The Labute approximate surface area is 157 Å². The van der Waals surface area contributed by atoms with Gasteiger partial charge in [0.15, 0.2) is 6.29 Å². The van der Waals surface area contributed by atoms with E-state index in [0.717, 1.165) is 11.1 Å². The largest absolute Gasteiger partial charge is 0.370 e. The van der Waals surface area contributed by atoms with Gasteiger partial charge in [-0.2, -0.15) is 0 Å². The van der Waals surface area contributed by atoms with E-state index < -0.39 is 18.4 Å².